The van der Waals surface area contributed by atoms with E-state index in [1.54, 1.807) is 23.5 Å². The van der Waals surface area contributed by atoms with Gasteiger partial charge in [-0.3, -0.25) is 0 Å². The summed E-state index contributed by atoms with van der Waals surface area (Å²) in [6.07, 6.45) is 0. The molecular formula is C60H48O8S2. The van der Waals surface area contributed by atoms with Gasteiger partial charge in [0.05, 0.1) is 23.0 Å². The highest BCUT2D eigenvalue weighted by atomic mass is 32.2. The van der Waals surface area contributed by atoms with Crippen molar-refractivity contribution in [3.05, 3.63) is 182 Å². The van der Waals surface area contributed by atoms with Crippen LogP contribution in [0.3, 0.4) is 0 Å². The molecule has 2 N–H and O–H groups in total. The van der Waals surface area contributed by atoms with Gasteiger partial charge in [-0.2, -0.15) is 0 Å². The van der Waals surface area contributed by atoms with Gasteiger partial charge in [-0.05, 0) is 91.6 Å². The van der Waals surface area contributed by atoms with Crippen molar-refractivity contribution in [1.29, 1.82) is 0 Å². The van der Waals surface area contributed by atoms with Crippen LogP contribution in [-0.2, 0) is 0 Å². The fourth-order valence-electron chi connectivity index (χ4n) is 9.24. The monoisotopic (exact) mass is 960 g/mol. The van der Waals surface area contributed by atoms with Crippen molar-refractivity contribution in [3.63, 3.8) is 0 Å². The van der Waals surface area contributed by atoms with E-state index < -0.39 is 0 Å². The lowest BCUT2D eigenvalue weighted by Gasteiger charge is -2.23. The summed E-state index contributed by atoms with van der Waals surface area (Å²) in [6, 6.07) is 61.7. The molecule has 0 fully saturated rings. The molecule has 348 valence electrons. The molecule has 0 aliphatic carbocycles. The maximum atomic E-state index is 9.69. The average Bonchev–Trinajstić information content (AvgIpc) is 3.41. The van der Waals surface area contributed by atoms with E-state index in [9.17, 15) is 10.2 Å². The summed E-state index contributed by atoms with van der Waals surface area (Å²) in [5, 5.41) is 27.9. The molecule has 0 spiro atoms. The molecule has 70 heavy (non-hydrogen) atoms. The molecule has 11 rings (SSSR count). The number of hydrogen-bond acceptors (Lipinski definition) is 10. The number of hydrogen-bond donors (Lipinski definition) is 2. The van der Waals surface area contributed by atoms with Crippen LogP contribution in [0.2, 0.25) is 0 Å². The Bertz CT molecular complexity index is 3290. The fourth-order valence-corrected chi connectivity index (χ4v) is 11.6. The summed E-state index contributed by atoms with van der Waals surface area (Å²) in [4.78, 5) is 4.27. The van der Waals surface area contributed by atoms with Gasteiger partial charge < -0.3 is 38.6 Å². The lowest BCUT2D eigenvalue weighted by Crippen LogP contribution is -2.11. The Labute approximate surface area is 414 Å². The second-order valence-corrected chi connectivity index (χ2v) is 18.7. The third kappa shape index (κ3) is 9.03. The second kappa shape index (κ2) is 20.7. The molecule has 1 aliphatic heterocycles. The van der Waals surface area contributed by atoms with Gasteiger partial charge >= 0.3 is 0 Å². The quantitative estimate of drug-likeness (QED) is 0.0810. The van der Waals surface area contributed by atoms with Gasteiger partial charge in [0.2, 0.25) is 0 Å². The highest BCUT2D eigenvalue weighted by Gasteiger charge is 2.25. The molecule has 10 aromatic carbocycles. The minimum Gasteiger partial charge on any atom is -0.491 e. The van der Waals surface area contributed by atoms with Crippen LogP contribution in [0, 0.1) is 0 Å². The van der Waals surface area contributed by atoms with E-state index in [0.29, 0.717) is 37.9 Å². The first kappa shape index (κ1) is 45.1. The van der Waals surface area contributed by atoms with E-state index in [1.165, 1.54) is 0 Å². The zero-order valence-electron chi connectivity index (χ0n) is 38.1. The lowest BCUT2D eigenvalue weighted by atomic mass is 9.92. The van der Waals surface area contributed by atoms with E-state index in [4.69, 9.17) is 28.4 Å². The van der Waals surface area contributed by atoms with Crippen molar-refractivity contribution < 1.29 is 38.6 Å². The minimum absolute atomic E-state index is 0.0905. The summed E-state index contributed by atoms with van der Waals surface area (Å²) < 4.78 is 38.6. The highest BCUT2D eigenvalue weighted by Crippen LogP contribution is 2.55. The molecular weight excluding hydrogens is 913 g/mol. The maximum Gasteiger partial charge on any atom is 0.134 e. The summed E-state index contributed by atoms with van der Waals surface area (Å²) in [7, 11) is 0. The molecule has 0 amide bonds. The van der Waals surface area contributed by atoms with Crippen LogP contribution in [-0.4, -0.2) is 63.1 Å². The Balaban J connectivity index is 0.791. The van der Waals surface area contributed by atoms with E-state index in [-0.39, 0.29) is 26.4 Å². The molecule has 0 saturated heterocycles. The van der Waals surface area contributed by atoms with Crippen LogP contribution in [0.5, 0.6) is 34.5 Å². The highest BCUT2D eigenvalue weighted by molar-refractivity contribution is 8.05. The first-order valence-electron chi connectivity index (χ1n) is 23.3. The zero-order chi connectivity index (χ0) is 47.2. The van der Waals surface area contributed by atoms with Gasteiger partial charge in [-0.15, -0.1) is 0 Å². The molecule has 1 aliphatic rings. The van der Waals surface area contributed by atoms with Crippen LogP contribution in [0.4, 0.5) is 0 Å². The number of benzene rings is 10. The standard InChI is InChI=1S/C60H48O8S2/c61-31-33-63-47-27-23-39-11-1-5-15-43(39)55(47)57-45-17-7-3-13-41(45)25-29-49(57)65-35-37-67-51-19-9-21-53-59(51)69-54-22-10-20-52(60(54)70-53)68-38-36-66-50-30-26-42-14-4-8-18-46(42)58(50)56-44-16-6-2-12-40(44)24-28-48(56)64-34-32-62/h1-30,61-62H,31-38H2. The van der Waals surface area contributed by atoms with E-state index in [2.05, 4.69) is 84.9 Å². The summed E-state index contributed by atoms with van der Waals surface area (Å²) >= 11 is 3.35. The van der Waals surface area contributed by atoms with Crippen LogP contribution in [0.1, 0.15) is 0 Å². The van der Waals surface area contributed by atoms with Gasteiger partial charge in [0.1, 0.15) is 74.1 Å². The summed E-state index contributed by atoms with van der Waals surface area (Å²) in [5.74, 6) is 4.40. The van der Waals surface area contributed by atoms with Gasteiger partial charge in [-0.1, -0.05) is 157 Å². The Morgan fingerprint density at radius 3 is 0.871 bits per heavy atom. The molecule has 10 aromatic rings. The Morgan fingerprint density at radius 1 is 0.271 bits per heavy atom. The summed E-state index contributed by atoms with van der Waals surface area (Å²) in [5.41, 5.74) is 3.73. The minimum atomic E-state index is -0.0905. The fraction of sp³-hybridized carbons (Fsp3) is 0.133. The van der Waals surface area contributed by atoms with Crippen molar-refractivity contribution in [2.75, 3.05) is 52.9 Å². The average molecular weight is 961 g/mol. The molecule has 8 nitrogen and oxygen atoms in total. The Kier molecular flexibility index (Phi) is 13.4. The van der Waals surface area contributed by atoms with Gasteiger partial charge in [0.25, 0.3) is 0 Å². The van der Waals surface area contributed by atoms with Crippen molar-refractivity contribution in [2.24, 2.45) is 0 Å². The number of aliphatic hydroxyl groups is 2. The number of ether oxygens (including phenoxy) is 6. The van der Waals surface area contributed by atoms with Crippen molar-refractivity contribution in [2.45, 2.75) is 19.6 Å². The van der Waals surface area contributed by atoms with Crippen LogP contribution >= 0.6 is 23.5 Å². The first-order chi connectivity index (χ1) is 34.7. The molecule has 10 heteroatoms. The normalized spacial score (nSPS) is 11.9. The number of aliphatic hydroxyl groups excluding tert-OH is 2. The van der Waals surface area contributed by atoms with Crippen LogP contribution in [0.25, 0.3) is 65.3 Å². The van der Waals surface area contributed by atoms with Crippen molar-refractivity contribution in [1.82, 2.24) is 0 Å². The molecule has 0 atom stereocenters. The maximum absolute atomic E-state index is 9.69. The predicted molar refractivity (Wildman–Crippen MR) is 282 cm³/mol. The third-order valence-electron chi connectivity index (χ3n) is 12.3. The largest absolute Gasteiger partial charge is 0.491 e. The van der Waals surface area contributed by atoms with Crippen LogP contribution in [0.15, 0.2) is 202 Å². The number of fused-ring (bicyclic) bond motifs is 6. The predicted octanol–water partition coefficient (Wildman–Crippen LogP) is 13.9. The molecule has 0 bridgehead atoms. The number of rotatable bonds is 18. The SMILES string of the molecule is OCCOc1ccc2ccccc2c1-c1c(OCCOc2cccc3c2Sc2cccc(OCCOc4ccc5ccccc5c4-c4c(OCCO)ccc5ccccc45)c2S3)ccc2ccccc12. The Morgan fingerprint density at radius 2 is 0.557 bits per heavy atom. The van der Waals surface area contributed by atoms with Gasteiger partial charge in [-0.25, -0.2) is 0 Å². The first-order valence-corrected chi connectivity index (χ1v) is 25.0. The van der Waals surface area contributed by atoms with Crippen molar-refractivity contribution >= 4 is 66.6 Å². The molecule has 1 heterocycles. The topological polar surface area (TPSA) is 95.8 Å². The smallest absolute Gasteiger partial charge is 0.134 e. The van der Waals surface area contributed by atoms with Crippen molar-refractivity contribution in [3.8, 4) is 56.8 Å². The van der Waals surface area contributed by atoms with Gasteiger partial charge in [0, 0.05) is 32.0 Å². The van der Waals surface area contributed by atoms with E-state index in [0.717, 1.165) is 108 Å². The third-order valence-corrected chi connectivity index (χ3v) is 14.9. The second-order valence-electron chi connectivity index (χ2n) is 16.5. The van der Waals surface area contributed by atoms with E-state index in [1.807, 2.05) is 97.1 Å². The molecule has 0 saturated carbocycles. The summed E-state index contributed by atoms with van der Waals surface area (Å²) in [6.45, 7) is 1.44. The Hall–Kier alpha value is -7.34. The van der Waals surface area contributed by atoms with E-state index >= 15 is 0 Å². The zero-order valence-corrected chi connectivity index (χ0v) is 39.8. The molecule has 0 unspecified atom stereocenters. The van der Waals surface area contributed by atoms with Crippen LogP contribution < -0.4 is 28.4 Å². The van der Waals surface area contributed by atoms with Gasteiger partial charge in [0.15, 0.2) is 0 Å². The lowest BCUT2D eigenvalue weighted by molar-refractivity contribution is 0.201. The molecule has 0 radical (unpaired) electrons. The molecule has 0 aromatic heterocycles.